The quantitative estimate of drug-likeness (QED) is 0.454. The Labute approximate surface area is 187 Å². The van der Waals surface area contributed by atoms with Gasteiger partial charge in [0.1, 0.15) is 11.6 Å². The van der Waals surface area contributed by atoms with Crippen LogP contribution in [-0.4, -0.2) is 18.9 Å². The number of rotatable bonds is 5. The molecule has 0 radical (unpaired) electrons. The molecule has 0 aliphatic rings. The van der Waals surface area contributed by atoms with Crippen molar-refractivity contribution in [3.63, 3.8) is 0 Å². The Bertz CT molecular complexity index is 1380. The molecule has 164 valence electrons. The molecule has 7 nitrogen and oxygen atoms in total. The van der Waals surface area contributed by atoms with Gasteiger partial charge in [-0.1, -0.05) is 17.7 Å². The molecule has 2 aromatic carbocycles. The third kappa shape index (κ3) is 4.80. The minimum atomic E-state index is -3.78. The molecule has 0 spiro atoms. The number of nitrogens with one attached hydrogen (secondary N) is 1. The maximum absolute atomic E-state index is 12.7. The molecular weight excluding hydrogens is 424 g/mol. The molecule has 0 saturated carbocycles. The van der Waals surface area contributed by atoms with Gasteiger partial charge in [0.05, 0.1) is 4.90 Å². The van der Waals surface area contributed by atoms with E-state index in [1.807, 2.05) is 62.6 Å². The number of nitrogens with two attached hydrogens (primary N) is 1. The van der Waals surface area contributed by atoms with Crippen LogP contribution in [0.25, 0.3) is 11.8 Å². The molecule has 0 fully saturated rings. The van der Waals surface area contributed by atoms with E-state index in [0.717, 1.165) is 28.2 Å². The van der Waals surface area contributed by atoms with Crippen LogP contribution in [0.15, 0.2) is 59.0 Å². The molecular formula is C24H24N4O3S. The number of nitrogens with zero attached hydrogens (tertiary/aromatic N) is 2. The van der Waals surface area contributed by atoms with Crippen LogP contribution in [0.3, 0.4) is 0 Å². The highest BCUT2D eigenvalue weighted by Crippen LogP contribution is 2.24. The molecule has 8 heteroatoms. The molecule has 1 amide bonds. The van der Waals surface area contributed by atoms with Crippen LogP contribution in [0.1, 0.15) is 28.1 Å². The minimum absolute atomic E-state index is 0.0187. The normalized spacial score (nSPS) is 11.8. The maximum atomic E-state index is 12.7. The largest absolute Gasteiger partial charge is 0.321 e. The SMILES string of the molecule is Cc1ccc(NC(=O)/C(C#N)=C\c2cc(C)n(-c3ccc(S(N)(=O)=O)cc3)c2C)c(C)c1. The fourth-order valence-corrected chi connectivity index (χ4v) is 4.08. The van der Waals surface area contributed by atoms with E-state index < -0.39 is 15.9 Å². The number of carbonyl (C=O) groups excluding carboxylic acids is 1. The average molecular weight is 449 g/mol. The summed E-state index contributed by atoms with van der Waals surface area (Å²) >= 11 is 0. The number of aromatic nitrogens is 1. The Kier molecular flexibility index (Phi) is 6.35. The Hall–Kier alpha value is -3.67. The summed E-state index contributed by atoms with van der Waals surface area (Å²) in [5.74, 6) is -0.484. The van der Waals surface area contributed by atoms with Gasteiger partial charge in [0.15, 0.2) is 0 Å². The van der Waals surface area contributed by atoms with Crippen LogP contribution in [-0.2, 0) is 14.8 Å². The van der Waals surface area contributed by atoms with Crippen molar-refractivity contribution >= 4 is 27.7 Å². The van der Waals surface area contributed by atoms with Gasteiger partial charge in [0.2, 0.25) is 10.0 Å². The van der Waals surface area contributed by atoms with Gasteiger partial charge in [-0.25, -0.2) is 13.6 Å². The van der Waals surface area contributed by atoms with Crippen LogP contribution >= 0.6 is 0 Å². The lowest BCUT2D eigenvalue weighted by Crippen LogP contribution is -2.14. The van der Waals surface area contributed by atoms with Crippen LogP contribution in [0.5, 0.6) is 0 Å². The Morgan fingerprint density at radius 2 is 1.72 bits per heavy atom. The lowest BCUT2D eigenvalue weighted by molar-refractivity contribution is -0.112. The number of anilines is 1. The molecule has 1 aromatic heterocycles. The lowest BCUT2D eigenvalue weighted by Gasteiger charge is -2.10. The van der Waals surface area contributed by atoms with Gasteiger partial charge in [-0.3, -0.25) is 4.79 Å². The number of amides is 1. The number of nitriles is 1. The molecule has 1 heterocycles. The van der Waals surface area contributed by atoms with Crippen molar-refractivity contribution < 1.29 is 13.2 Å². The van der Waals surface area contributed by atoms with E-state index in [2.05, 4.69) is 5.32 Å². The highest BCUT2D eigenvalue weighted by Gasteiger charge is 2.15. The van der Waals surface area contributed by atoms with Crippen molar-refractivity contribution in [2.75, 3.05) is 5.32 Å². The fraction of sp³-hybridized carbons (Fsp3) is 0.167. The molecule has 0 unspecified atom stereocenters. The number of sulfonamides is 1. The summed E-state index contributed by atoms with van der Waals surface area (Å²) < 4.78 is 24.9. The summed E-state index contributed by atoms with van der Waals surface area (Å²) in [5.41, 5.74) is 5.76. The van der Waals surface area contributed by atoms with E-state index in [9.17, 15) is 18.5 Å². The average Bonchev–Trinajstić information content (AvgIpc) is 3.00. The van der Waals surface area contributed by atoms with Crippen LogP contribution < -0.4 is 10.5 Å². The van der Waals surface area contributed by atoms with Gasteiger partial charge < -0.3 is 9.88 Å². The van der Waals surface area contributed by atoms with E-state index in [4.69, 9.17) is 5.14 Å². The standard InChI is InChI=1S/C24H24N4O3S/c1-15-5-10-23(16(2)11-15)27-24(29)20(14-25)13-19-12-17(3)28(18(19)4)21-6-8-22(9-7-21)32(26,30)31/h5-13H,1-4H3,(H,27,29)(H2,26,30,31)/b20-13-. The van der Waals surface area contributed by atoms with Crippen LogP contribution in [0.2, 0.25) is 0 Å². The van der Waals surface area contributed by atoms with Crippen molar-refractivity contribution in [3.8, 4) is 11.8 Å². The number of hydrogen-bond acceptors (Lipinski definition) is 4. The first kappa shape index (κ1) is 23.0. The van der Waals surface area contributed by atoms with Crippen molar-refractivity contribution in [2.24, 2.45) is 5.14 Å². The second-order valence-corrected chi connectivity index (χ2v) is 9.20. The monoisotopic (exact) mass is 448 g/mol. The second kappa shape index (κ2) is 8.83. The van der Waals surface area contributed by atoms with Gasteiger partial charge in [0, 0.05) is 22.8 Å². The molecule has 0 atom stereocenters. The summed E-state index contributed by atoms with van der Waals surface area (Å²) in [6, 6.07) is 15.7. The van der Waals surface area contributed by atoms with Crippen molar-refractivity contribution in [3.05, 3.63) is 82.2 Å². The van der Waals surface area contributed by atoms with E-state index in [-0.39, 0.29) is 10.5 Å². The maximum Gasteiger partial charge on any atom is 0.266 e. The van der Waals surface area contributed by atoms with Crippen molar-refractivity contribution in [2.45, 2.75) is 32.6 Å². The number of aryl methyl sites for hydroxylation is 3. The predicted molar refractivity (Wildman–Crippen MR) is 125 cm³/mol. The number of primary sulfonamides is 1. The first-order valence-corrected chi connectivity index (χ1v) is 11.4. The van der Waals surface area contributed by atoms with E-state index in [1.54, 1.807) is 18.2 Å². The predicted octanol–water partition coefficient (Wildman–Crippen LogP) is 3.90. The molecule has 0 bridgehead atoms. The van der Waals surface area contributed by atoms with Gasteiger partial charge in [-0.15, -0.1) is 0 Å². The van der Waals surface area contributed by atoms with Gasteiger partial charge >= 0.3 is 0 Å². The van der Waals surface area contributed by atoms with Crippen LogP contribution in [0.4, 0.5) is 5.69 Å². The zero-order valence-corrected chi connectivity index (χ0v) is 19.1. The summed E-state index contributed by atoms with van der Waals surface area (Å²) in [6.45, 7) is 7.62. The summed E-state index contributed by atoms with van der Waals surface area (Å²) in [4.78, 5) is 12.7. The Balaban J connectivity index is 1.94. The Morgan fingerprint density at radius 1 is 1.06 bits per heavy atom. The van der Waals surface area contributed by atoms with Gasteiger partial charge in [0.25, 0.3) is 5.91 Å². The summed E-state index contributed by atoms with van der Waals surface area (Å²) in [6.07, 6.45) is 1.55. The zero-order chi connectivity index (χ0) is 23.6. The highest BCUT2D eigenvalue weighted by molar-refractivity contribution is 7.89. The van der Waals surface area contributed by atoms with Crippen molar-refractivity contribution in [1.82, 2.24) is 4.57 Å². The van der Waals surface area contributed by atoms with E-state index >= 15 is 0 Å². The third-order valence-electron chi connectivity index (χ3n) is 5.19. The van der Waals surface area contributed by atoms with Crippen LogP contribution in [0, 0.1) is 39.0 Å². The minimum Gasteiger partial charge on any atom is -0.321 e. The topological polar surface area (TPSA) is 118 Å². The van der Waals surface area contributed by atoms with Crippen molar-refractivity contribution in [1.29, 1.82) is 5.26 Å². The fourth-order valence-electron chi connectivity index (χ4n) is 3.56. The third-order valence-corrected chi connectivity index (χ3v) is 6.12. The zero-order valence-electron chi connectivity index (χ0n) is 18.3. The number of benzene rings is 2. The summed E-state index contributed by atoms with van der Waals surface area (Å²) in [5, 5.41) is 17.6. The lowest BCUT2D eigenvalue weighted by atomic mass is 10.1. The van der Waals surface area contributed by atoms with Gasteiger partial charge in [-0.2, -0.15) is 5.26 Å². The van der Waals surface area contributed by atoms with E-state index in [0.29, 0.717) is 11.3 Å². The molecule has 3 N–H and O–H groups in total. The summed E-state index contributed by atoms with van der Waals surface area (Å²) in [7, 11) is -3.78. The molecule has 0 saturated heterocycles. The Morgan fingerprint density at radius 3 is 2.28 bits per heavy atom. The molecule has 0 aliphatic heterocycles. The first-order chi connectivity index (χ1) is 15.0. The number of carbonyl (C=O) groups is 1. The molecule has 32 heavy (non-hydrogen) atoms. The number of hydrogen-bond donors (Lipinski definition) is 2. The second-order valence-electron chi connectivity index (χ2n) is 7.64. The molecule has 3 aromatic rings. The van der Waals surface area contributed by atoms with E-state index in [1.165, 1.54) is 12.1 Å². The first-order valence-electron chi connectivity index (χ1n) is 9.84. The molecule has 0 aliphatic carbocycles. The smallest absolute Gasteiger partial charge is 0.266 e. The highest BCUT2D eigenvalue weighted by atomic mass is 32.2. The van der Waals surface area contributed by atoms with Gasteiger partial charge in [-0.05, 0) is 81.3 Å². The molecule has 3 rings (SSSR count).